The van der Waals surface area contributed by atoms with Crippen LogP contribution >= 0.6 is 11.6 Å². The molecule has 2 amide bonds. The smallest absolute Gasteiger partial charge is 0.412 e. The molecule has 0 aromatic carbocycles. The Hall–Kier alpha value is -2.78. The van der Waals surface area contributed by atoms with Crippen molar-refractivity contribution in [1.29, 1.82) is 0 Å². The van der Waals surface area contributed by atoms with E-state index in [2.05, 4.69) is 15.0 Å². The minimum Gasteiger partial charge on any atom is -0.419 e. The molecule has 10 heteroatoms. The third-order valence-corrected chi connectivity index (χ3v) is 3.74. The van der Waals surface area contributed by atoms with E-state index < -0.39 is 61.0 Å². The molecule has 2 aromatic heterocycles. The second kappa shape index (κ2) is 7.09. The molecule has 2 aliphatic heterocycles. The molecule has 4 heterocycles. The fraction of sp³-hybridized carbons (Fsp3) is 0.353. The van der Waals surface area contributed by atoms with E-state index in [0.29, 0.717) is 0 Å². The first kappa shape index (κ1) is 8.94. The number of nitrogens with zero attached hydrogens (tertiary/aromatic N) is 6. The zero-order chi connectivity index (χ0) is 28.6. The van der Waals surface area contributed by atoms with Gasteiger partial charge in [-0.25, -0.2) is 19.7 Å². The van der Waals surface area contributed by atoms with E-state index in [1.807, 2.05) is 0 Å². The van der Waals surface area contributed by atoms with E-state index in [-0.39, 0.29) is 22.2 Å². The summed E-state index contributed by atoms with van der Waals surface area (Å²) in [6.45, 7) is -18.9. The Balaban J connectivity index is 1.81. The fourth-order valence-corrected chi connectivity index (χ4v) is 2.49. The summed E-state index contributed by atoms with van der Waals surface area (Å²) >= 11 is 5.85. The molecular formula is C17H17ClN6O3. The molecular weight excluding hydrogens is 372 g/mol. The van der Waals surface area contributed by atoms with Gasteiger partial charge in [0.1, 0.15) is 11.5 Å². The van der Waals surface area contributed by atoms with E-state index in [9.17, 15) is 9.59 Å². The van der Waals surface area contributed by atoms with Crippen molar-refractivity contribution in [3.05, 3.63) is 47.1 Å². The van der Waals surface area contributed by atoms with Gasteiger partial charge in [-0.1, -0.05) is 11.6 Å². The second-order valence-corrected chi connectivity index (χ2v) is 5.59. The average Bonchev–Trinajstić information content (AvgIpc) is 3.03. The van der Waals surface area contributed by atoms with Crippen LogP contribution in [0.4, 0.5) is 10.6 Å². The van der Waals surface area contributed by atoms with Gasteiger partial charge in [-0.05, 0) is 19.1 Å². The SMILES string of the molecule is [2H]C([2H])([2H])N1C([2H])([2H])C([2H])([2H])N(C(=O)O[C@H]2c3nccnc3C(=O)N2c2ccc(Cl)cn2)C([2H])([2H])C1([2H])[2H]. The van der Waals surface area contributed by atoms with Crippen molar-refractivity contribution in [2.24, 2.45) is 0 Å². The normalized spacial score (nSPS) is 33.9. The number of fused-ring (bicyclic) bond motifs is 1. The molecule has 2 aliphatic rings. The monoisotopic (exact) mass is 399 g/mol. The van der Waals surface area contributed by atoms with Crippen molar-refractivity contribution in [2.75, 3.05) is 37.9 Å². The first-order valence-electron chi connectivity index (χ1n) is 12.9. The minimum absolute atomic E-state index is 0.124. The van der Waals surface area contributed by atoms with Gasteiger partial charge in [0.15, 0.2) is 5.69 Å². The Morgan fingerprint density at radius 2 is 2.04 bits per heavy atom. The van der Waals surface area contributed by atoms with Crippen LogP contribution in [0.15, 0.2) is 30.7 Å². The zero-order valence-corrected chi connectivity index (χ0v) is 14.0. The molecule has 140 valence electrons. The maximum Gasteiger partial charge on any atom is 0.412 e. The summed E-state index contributed by atoms with van der Waals surface area (Å²) in [6.07, 6.45) is -0.301. The molecule has 0 bridgehead atoms. The lowest BCUT2D eigenvalue weighted by Crippen LogP contribution is -2.48. The minimum atomic E-state index is -3.81. The number of rotatable bonds is 2. The molecule has 0 radical (unpaired) electrons. The van der Waals surface area contributed by atoms with Crippen LogP contribution in [0.1, 0.15) is 37.5 Å². The summed E-state index contributed by atoms with van der Waals surface area (Å²) in [5.74, 6) is -0.981. The average molecular weight is 400 g/mol. The Labute approximate surface area is 176 Å². The summed E-state index contributed by atoms with van der Waals surface area (Å²) in [5.41, 5.74) is -0.540. The van der Waals surface area contributed by atoms with Crippen molar-refractivity contribution in [2.45, 2.75) is 6.23 Å². The number of aromatic nitrogens is 3. The molecule has 2 aromatic rings. The number of hydrogen-bond donors (Lipinski definition) is 0. The van der Waals surface area contributed by atoms with Crippen LogP contribution in [0.5, 0.6) is 0 Å². The summed E-state index contributed by atoms with van der Waals surface area (Å²) in [7, 11) is 0. The molecule has 0 saturated carbocycles. The lowest BCUT2D eigenvalue weighted by molar-refractivity contribution is 0.0476. The zero-order valence-electron chi connectivity index (χ0n) is 24.3. The van der Waals surface area contributed by atoms with Crippen LogP contribution in [0.2, 0.25) is 5.02 Å². The third-order valence-electron chi connectivity index (χ3n) is 3.52. The Bertz CT molecular complexity index is 1270. The molecule has 9 nitrogen and oxygen atoms in total. The summed E-state index contributed by atoms with van der Waals surface area (Å²) in [4.78, 5) is 38.0. The maximum atomic E-state index is 13.4. The number of hydrogen-bond acceptors (Lipinski definition) is 7. The van der Waals surface area contributed by atoms with Gasteiger partial charge in [0.25, 0.3) is 5.91 Å². The lowest BCUT2D eigenvalue weighted by atomic mass is 10.3. The summed E-state index contributed by atoms with van der Waals surface area (Å²) < 4.78 is 93.3. The Kier molecular flexibility index (Phi) is 2.35. The number of anilines is 1. The Morgan fingerprint density at radius 1 is 1.26 bits per heavy atom. The first-order valence-corrected chi connectivity index (χ1v) is 7.73. The van der Waals surface area contributed by atoms with Gasteiger partial charge in [-0.15, -0.1) is 0 Å². The van der Waals surface area contributed by atoms with Crippen LogP contribution in [0, 0.1) is 0 Å². The predicted molar refractivity (Wildman–Crippen MR) is 96.4 cm³/mol. The molecule has 0 unspecified atom stereocenters. The third kappa shape index (κ3) is 3.31. The number of amides is 2. The van der Waals surface area contributed by atoms with Gasteiger partial charge < -0.3 is 14.5 Å². The van der Waals surface area contributed by atoms with E-state index in [1.165, 1.54) is 24.5 Å². The number of piperazine rings is 1. The van der Waals surface area contributed by atoms with Gasteiger partial charge in [0, 0.05) is 54.2 Å². The largest absolute Gasteiger partial charge is 0.419 e. The molecule has 1 atom stereocenters. The van der Waals surface area contributed by atoms with Gasteiger partial charge in [-0.3, -0.25) is 9.78 Å². The topological polar surface area (TPSA) is 91.8 Å². The van der Waals surface area contributed by atoms with Crippen LogP contribution in [0.25, 0.3) is 0 Å². The molecule has 4 rings (SSSR count). The van der Waals surface area contributed by atoms with E-state index in [1.54, 1.807) is 0 Å². The van der Waals surface area contributed by atoms with E-state index in [4.69, 9.17) is 31.4 Å². The summed E-state index contributed by atoms with van der Waals surface area (Å²) in [6, 6.07) is 2.63. The highest BCUT2D eigenvalue weighted by atomic mass is 35.5. The van der Waals surface area contributed by atoms with Gasteiger partial charge in [0.05, 0.1) is 10.5 Å². The van der Waals surface area contributed by atoms with Crippen LogP contribution < -0.4 is 4.90 Å². The van der Waals surface area contributed by atoms with Crippen molar-refractivity contribution in [3.63, 3.8) is 0 Å². The molecule has 1 fully saturated rings. The standard InChI is InChI=1S/C17H17ClN6O3/c1-22-6-8-23(9-7-22)17(26)27-16-14-13(19-4-5-20-14)15(25)24(16)12-3-2-11(18)10-21-12/h2-5,10,16H,6-9H2,1H3/t16-/m0/s1/i1D3,6D2,7D2,8D2,9D2. The van der Waals surface area contributed by atoms with Gasteiger partial charge in [-0.2, -0.15) is 0 Å². The van der Waals surface area contributed by atoms with Gasteiger partial charge >= 0.3 is 6.09 Å². The molecule has 0 aliphatic carbocycles. The van der Waals surface area contributed by atoms with Crippen molar-refractivity contribution < 1.29 is 29.4 Å². The number of likely N-dealkylation sites (N-methyl/N-ethyl adjacent to an activating group) is 1. The highest BCUT2D eigenvalue weighted by Gasteiger charge is 2.44. The maximum absolute atomic E-state index is 13.4. The lowest BCUT2D eigenvalue weighted by Gasteiger charge is -2.33. The predicted octanol–water partition coefficient (Wildman–Crippen LogP) is 1.57. The molecule has 0 spiro atoms. The first-order chi connectivity index (χ1) is 17.3. The van der Waals surface area contributed by atoms with Crippen LogP contribution in [0.3, 0.4) is 0 Å². The van der Waals surface area contributed by atoms with E-state index in [0.717, 1.165) is 11.1 Å². The fourth-order valence-electron chi connectivity index (χ4n) is 2.38. The number of carbonyl (C=O) groups is 2. The van der Waals surface area contributed by atoms with Crippen molar-refractivity contribution in [3.8, 4) is 0 Å². The van der Waals surface area contributed by atoms with Crippen LogP contribution in [-0.2, 0) is 4.74 Å². The quantitative estimate of drug-likeness (QED) is 0.756. The van der Waals surface area contributed by atoms with E-state index >= 15 is 0 Å². The van der Waals surface area contributed by atoms with Crippen LogP contribution in [-0.4, -0.2) is 69.7 Å². The molecule has 0 N–H and O–H groups in total. The number of pyridine rings is 1. The van der Waals surface area contributed by atoms with Gasteiger partial charge in [0.2, 0.25) is 6.23 Å². The second-order valence-electron chi connectivity index (χ2n) is 5.15. The Morgan fingerprint density at radius 3 is 2.74 bits per heavy atom. The van der Waals surface area contributed by atoms with Crippen molar-refractivity contribution >= 4 is 29.4 Å². The highest BCUT2D eigenvalue weighted by Crippen LogP contribution is 2.35. The highest BCUT2D eigenvalue weighted by molar-refractivity contribution is 6.30. The summed E-state index contributed by atoms with van der Waals surface area (Å²) in [5, 5.41) is 0.195. The number of halogens is 1. The molecule has 1 saturated heterocycles. The molecule has 27 heavy (non-hydrogen) atoms. The van der Waals surface area contributed by atoms with Crippen molar-refractivity contribution in [1.82, 2.24) is 24.8 Å². The number of ether oxygens (including phenoxy) is 1. The number of carbonyl (C=O) groups excluding carboxylic acids is 2.